The zero-order chi connectivity index (χ0) is 15.3. The van der Waals surface area contributed by atoms with Crippen molar-refractivity contribution in [1.29, 1.82) is 0 Å². The van der Waals surface area contributed by atoms with E-state index in [0.29, 0.717) is 11.2 Å². The lowest BCUT2D eigenvalue weighted by Crippen LogP contribution is -2.11. The number of para-hydroxylation sites is 1. The minimum absolute atomic E-state index is 0.0666. The van der Waals surface area contributed by atoms with E-state index in [0.717, 1.165) is 22.6 Å². The number of aromatic nitrogens is 3. The van der Waals surface area contributed by atoms with E-state index in [1.165, 1.54) is 11.1 Å². The van der Waals surface area contributed by atoms with E-state index in [-0.39, 0.29) is 5.56 Å². The minimum atomic E-state index is -0.0666. The van der Waals surface area contributed by atoms with E-state index >= 15 is 0 Å². The standard InChI is InChI=1S/C17H19N3O/c1-9-7-6-8-10(2)15(9)20-12(4)11(3)14-16(20)18-13(5)19-17(14)21/h6-8H,1-5H3,(H,18,19,21). The van der Waals surface area contributed by atoms with Crippen LogP contribution < -0.4 is 5.56 Å². The van der Waals surface area contributed by atoms with Gasteiger partial charge in [-0.1, -0.05) is 18.2 Å². The van der Waals surface area contributed by atoms with Gasteiger partial charge in [0, 0.05) is 5.69 Å². The lowest BCUT2D eigenvalue weighted by molar-refractivity contribution is 0.969. The third kappa shape index (κ3) is 1.90. The Kier molecular flexibility index (Phi) is 2.97. The van der Waals surface area contributed by atoms with Crippen LogP contribution in [0.5, 0.6) is 0 Å². The molecule has 0 spiro atoms. The topological polar surface area (TPSA) is 50.7 Å². The van der Waals surface area contributed by atoms with Crippen molar-refractivity contribution in [1.82, 2.24) is 14.5 Å². The summed E-state index contributed by atoms with van der Waals surface area (Å²) in [5.41, 5.74) is 6.19. The second kappa shape index (κ2) is 4.58. The highest BCUT2D eigenvalue weighted by atomic mass is 16.1. The lowest BCUT2D eigenvalue weighted by Gasteiger charge is -2.14. The van der Waals surface area contributed by atoms with Crippen LogP contribution >= 0.6 is 0 Å². The molecule has 108 valence electrons. The highest BCUT2D eigenvalue weighted by Crippen LogP contribution is 2.28. The van der Waals surface area contributed by atoms with Gasteiger partial charge in [-0.15, -0.1) is 0 Å². The molecule has 3 aromatic rings. The third-order valence-electron chi connectivity index (χ3n) is 4.15. The van der Waals surface area contributed by atoms with E-state index < -0.39 is 0 Å². The third-order valence-corrected chi connectivity index (χ3v) is 4.15. The number of rotatable bonds is 1. The van der Waals surface area contributed by atoms with Crippen molar-refractivity contribution in [2.24, 2.45) is 0 Å². The number of hydrogen-bond donors (Lipinski definition) is 1. The number of aromatic amines is 1. The van der Waals surface area contributed by atoms with Crippen LogP contribution in [0.25, 0.3) is 16.7 Å². The first-order valence-corrected chi connectivity index (χ1v) is 7.07. The van der Waals surface area contributed by atoms with Crippen LogP contribution in [0.2, 0.25) is 0 Å². The van der Waals surface area contributed by atoms with E-state index in [1.807, 2.05) is 26.8 Å². The Balaban J connectivity index is 2.55. The molecule has 0 unspecified atom stereocenters. The summed E-state index contributed by atoms with van der Waals surface area (Å²) in [5, 5.41) is 0.681. The first kappa shape index (κ1) is 13.6. The zero-order valence-corrected chi connectivity index (χ0v) is 13.0. The molecule has 0 amide bonds. The molecule has 0 aliphatic heterocycles. The predicted molar refractivity (Wildman–Crippen MR) is 85.4 cm³/mol. The molecule has 0 aliphatic rings. The van der Waals surface area contributed by atoms with Gasteiger partial charge >= 0.3 is 0 Å². The van der Waals surface area contributed by atoms with Crippen LogP contribution in [-0.2, 0) is 0 Å². The zero-order valence-electron chi connectivity index (χ0n) is 13.0. The summed E-state index contributed by atoms with van der Waals surface area (Å²) in [6, 6.07) is 6.22. The first-order valence-electron chi connectivity index (χ1n) is 7.07. The normalized spacial score (nSPS) is 11.3. The average Bonchev–Trinajstić information content (AvgIpc) is 2.63. The van der Waals surface area contributed by atoms with Crippen LogP contribution in [0.3, 0.4) is 0 Å². The number of nitrogens with zero attached hydrogens (tertiary/aromatic N) is 2. The molecular formula is C17H19N3O. The Morgan fingerprint density at radius 2 is 1.67 bits per heavy atom. The molecule has 0 aliphatic carbocycles. The largest absolute Gasteiger partial charge is 0.310 e. The van der Waals surface area contributed by atoms with Gasteiger partial charge in [0.05, 0.1) is 11.1 Å². The van der Waals surface area contributed by atoms with Gasteiger partial charge in [0.2, 0.25) is 0 Å². The second-order valence-corrected chi connectivity index (χ2v) is 5.64. The molecule has 4 heteroatoms. The SMILES string of the molecule is Cc1nc2c(c(C)c(C)n2-c2c(C)cccc2C)c(=O)[nH]1. The molecule has 2 heterocycles. The summed E-state index contributed by atoms with van der Waals surface area (Å²) in [6.45, 7) is 10.0. The molecule has 4 nitrogen and oxygen atoms in total. The molecule has 0 atom stereocenters. The molecule has 1 N–H and O–H groups in total. The quantitative estimate of drug-likeness (QED) is 0.744. The van der Waals surface area contributed by atoms with Gasteiger partial charge < -0.3 is 4.98 Å². The fourth-order valence-electron chi connectivity index (χ4n) is 3.01. The van der Waals surface area contributed by atoms with Crippen LogP contribution in [0.15, 0.2) is 23.0 Å². The smallest absolute Gasteiger partial charge is 0.260 e. The summed E-state index contributed by atoms with van der Waals surface area (Å²) < 4.78 is 2.11. The van der Waals surface area contributed by atoms with E-state index in [1.54, 1.807) is 0 Å². The van der Waals surface area contributed by atoms with Gasteiger partial charge in [-0.2, -0.15) is 0 Å². The molecule has 0 saturated carbocycles. The molecule has 3 rings (SSSR count). The highest BCUT2D eigenvalue weighted by Gasteiger charge is 2.18. The Bertz CT molecular complexity index is 896. The van der Waals surface area contributed by atoms with Crippen LogP contribution in [0.4, 0.5) is 0 Å². The minimum Gasteiger partial charge on any atom is -0.310 e. The molecule has 0 bridgehead atoms. The van der Waals surface area contributed by atoms with Gasteiger partial charge in [-0.3, -0.25) is 9.36 Å². The summed E-state index contributed by atoms with van der Waals surface area (Å²) in [7, 11) is 0. The van der Waals surface area contributed by atoms with Crippen molar-refractivity contribution in [3.8, 4) is 5.69 Å². The number of nitrogens with one attached hydrogen (secondary N) is 1. The van der Waals surface area contributed by atoms with Crippen molar-refractivity contribution >= 4 is 11.0 Å². The number of aryl methyl sites for hydroxylation is 4. The fraction of sp³-hybridized carbons (Fsp3) is 0.294. The summed E-state index contributed by atoms with van der Waals surface area (Å²) in [6.07, 6.45) is 0. The average molecular weight is 281 g/mol. The number of benzene rings is 1. The van der Waals surface area contributed by atoms with E-state index in [9.17, 15) is 4.79 Å². The van der Waals surface area contributed by atoms with Gasteiger partial charge in [-0.05, 0) is 51.3 Å². The van der Waals surface area contributed by atoms with Crippen LogP contribution in [0, 0.1) is 34.6 Å². The second-order valence-electron chi connectivity index (χ2n) is 5.64. The van der Waals surface area contributed by atoms with Crippen molar-refractivity contribution in [2.75, 3.05) is 0 Å². The van der Waals surface area contributed by atoms with Gasteiger partial charge in [0.25, 0.3) is 5.56 Å². The molecule has 1 aromatic carbocycles. The first-order chi connectivity index (χ1) is 9.91. The summed E-state index contributed by atoms with van der Waals surface area (Å²) in [4.78, 5) is 19.7. The van der Waals surface area contributed by atoms with E-state index in [4.69, 9.17) is 0 Å². The number of H-pyrrole nitrogens is 1. The lowest BCUT2D eigenvalue weighted by atomic mass is 10.1. The van der Waals surface area contributed by atoms with Crippen molar-refractivity contribution < 1.29 is 0 Å². The number of hydrogen-bond acceptors (Lipinski definition) is 2. The van der Waals surface area contributed by atoms with Crippen LogP contribution in [0.1, 0.15) is 28.2 Å². The molecule has 0 fully saturated rings. The Morgan fingerprint density at radius 1 is 1.05 bits per heavy atom. The maximum absolute atomic E-state index is 12.3. The van der Waals surface area contributed by atoms with Crippen LogP contribution in [-0.4, -0.2) is 14.5 Å². The monoisotopic (exact) mass is 281 g/mol. The molecular weight excluding hydrogens is 262 g/mol. The maximum atomic E-state index is 12.3. The van der Waals surface area contributed by atoms with Crippen molar-refractivity contribution in [3.63, 3.8) is 0 Å². The summed E-state index contributed by atoms with van der Waals surface area (Å²) >= 11 is 0. The predicted octanol–water partition coefficient (Wildman–Crippen LogP) is 3.26. The number of fused-ring (bicyclic) bond motifs is 1. The Labute approximate surface area is 123 Å². The van der Waals surface area contributed by atoms with Crippen molar-refractivity contribution in [2.45, 2.75) is 34.6 Å². The van der Waals surface area contributed by atoms with Gasteiger partial charge in [0.15, 0.2) is 5.65 Å². The molecule has 2 aromatic heterocycles. The molecule has 0 saturated heterocycles. The molecule has 21 heavy (non-hydrogen) atoms. The van der Waals surface area contributed by atoms with Crippen molar-refractivity contribution in [3.05, 3.63) is 56.8 Å². The maximum Gasteiger partial charge on any atom is 0.260 e. The fourth-order valence-corrected chi connectivity index (χ4v) is 3.01. The Hall–Kier alpha value is -2.36. The Morgan fingerprint density at radius 3 is 2.29 bits per heavy atom. The van der Waals surface area contributed by atoms with Gasteiger partial charge in [-0.25, -0.2) is 4.98 Å². The summed E-state index contributed by atoms with van der Waals surface area (Å²) in [5.74, 6) is 0.637. The molecule has 0 radical (unpaired) electrons. The highest BCUT2D eigenvalue weighted by molar-refractivity contribution is 5.83. The van der Waals surface area contributed by atoms with E-state index in [2.05, 4.69) is 40.5 Å². The van der Waals surface area contributed by atoms with Gasteiger partial charge in [0.1, 0.15) is 5.82 Å².